The highest BCUT2D eigenvalue weighted by atomic mass is 16.3. The van der Waals surface area contributed by atoms with Crippen molar-refractivity contribution in [2.75, 3.05) is 5.32 Å². The Kier molecular flexibility index (Phi) is 3.92. The number of oxazole rings is 1. The molecule has 4 nitrogen and oxygen atoms in total. The predicted molar refractivity (Wildman–Crippen MR) is 86.9 cm³/mol. The zero-order chi connectivity index (χ0) is 15.5. The molecule has 0 saturated heterocycles. The van der Waals surface area contributed by atoms with Crippen LogP contribution in [0.25, 0.3) is 11.1 Å². The molecule has 4 heteroatoms. The molecule has 0 fully saturated rings. The van der Waals surface area contributed by atoms with Crippen LogP contribution in [-0.4, -0.2) is 10.9 Å². The average molecular weight is 294 g/mol. The Morgan fingerprint density at radius 3 is 2.59 bits per heavy atom. The molecule has 0 radical (unpaired) electrons. The maximum absolute atomic E-state index is 12.1. The summed E-state index contributed by atoms with van der Waals surface area (Å²) >= 11 is 0. The molecule has 112 valence electrons. The van der Waals surface area contributed by atoms with Crippen molar-refractivity contribution in [3.63, 3.8) is 0 Å². The molecule has 0 spiro atoms. The molecule has 22 heavy (non-hydrogen) atoms. The Hall–Kier alpha value is -2.62. The number of carbonyl (C=O) groups is 1. The van der Waals surface area contributed by atoms with E-state index in [2.05, 4.69) is 17.2 Å². The number of benzene rings is 2. The number of aromatic nitrogens is 1. The summed E-state index contributed by atoms with van der Waals surface area (Å²) in [5.74, 6) is 0.590. The van der Waals surface area contributed by atoms with Crippen LogP contribution in [0.4, 0.5) is 5.69 Å². The van der Waals surface area contributed by atoms with Gasteiger partial charge in [0.05, 0.1) is 6.42 Å². The van der Waals surface area contributed by atoms with Gasteiger partial charge in [-0.25, -0.2) is 4.98 Å². The summed E-state index contributed by atoms with van der Waals surface area (Å²) in [4.78, 5) is 16.4. The van der Waals surface area contributed by atoms with Crippen molar-refractivity contribution in [2.45, 2.75) is 26.7 Å². The summed E-state index contributed by atoms with van der Waals surface area (Å²) in [6.45, 7) is 3.92. The van der Waals surface area contributed by atoms with Gasteiger partial charge in [0.15, 0.2) is 11.5 Å². The van der Waals surface area contributed by atoms with E-state index in [0.29, 0.717) is 12.3 Å². The highest BCUT2D eigenvalue weighted by Crippen LogP contribution is 2.18. The van der Waals surface area contributed by atoms with Crippen LogP contribution in [0.3, 0.4) is 0 Å². The second kappa shape index (κ2) is 6.02. The van der Waals surface area contributed by atoms with Gasteiger partial charge in [-0.1, -0.05) is 25.1 Å². The lowest BCUT2D eigenvalue weighted by molar-refractivity contribution is -0.115. The molecular formula is C18H18N2O2. The SMILES string of the molecule is CCc1ccc(NC(=O)Cc2ccc3nc(C)oc3c2)cc1. The Morgan fingerprint density at radius 1 is 1.14 bits per heavy atom. The summed E-state index contributed by atoms with van der Waals surface area (Å²) in [5, 5.41) is 2.91. The Labute approximate surface area is 129 Å². The quantitative estimate of drug-likeness (QED) is 0.794. The van der Waals surface area contributed by atoms with Gasteiger partial charge in [-0.3, -0.25) is 4.79 Å². The van der Waals surface area contributed by atoms with Gasteiger partial charge in [0.1, 0.15) is 5.52 Å². The highest BCUT2D eigenvalue weighted by Gasteiger charge is 2.07. The summed E-state index contributed by atoms with van der Waals surface area (Å²) in [7, 11) is 0. The minimum atomic E-state index is -0.0418. The van der Waals surface area contributed by atoms with Crippen LogP contribution in [0.2, 0.25) is 0 Å². The zero-order valence-corrected chi connectivity index (χ0v) is 12.7. The van der Waals surface area contributed by atoms with Crippen molar-refractivity contribution in [1.82, 2.24) is 4.98 Å². The first-order valence-corrected chi connectivity index (χ1v) is 7.39. The topological polar surface area (TPSA) is 55.1 Å². The van der Waals surface area contributed by atoms with Gasteiger partial charge in [0, 0.05) is 12.6 Å². The standard InChI is InChI=1S/C18H18N2O2/c1-3-13-4-7-15(8-5-13)20-18(21)11-14-6-9-16-17(10-14)22-12(2)19-16/h4-10H,3,11H2,1-2H3,(H,20,21). The van der Waals surface area contributed by atoms with Crippen LogP contribution >= 0.6 is 0 Å². The molecule has 3 aromatic rings. The van der Waals surface area contributed by atoms with Crippen LogP contribution in [0, 0.1) is 6.92 Å². The number of nitrogens with zero attached hydrogens (tertiary/aromatic N) is 1. The number of hydrogen-bond acceptors (Lipinski definition) is 3. The van der Waals surface area contributed by atoms with Gasteiger partial charge in [-0.2, -0.15) is 0 Å². The van der Waals surface area contributed by atoms with E-state index < -0.39 is 0 Å². The number of fused-ring (bicyclic) bond motifs is 1. The highest BCUT2D eigenvalue weighted by molar-refractivity contribution is 5.92. The van der Waals surface area contributed by atoms with Crippen LogP contribution in [-0.2, 0) is 17.6 Å². The lowest BCUT2D eigenvalue weighted by atomic mass is 10.1. The number of anilines is 1. The van der Waals surface area contributed by atoms with Crippen molar-refractivity contribution in [1.29, 1.82) is 0 Å². The largest absolute Gasteiger partial charge is 0.441 e. The van der Waals surface area contributed by atoms with E-state index in [9.17, 15) is 4.79 Å². The minimum Gasteiger partial charge on any atom is -0.441 e. The van der Waals surface area contributed by atoms with E-state index >= 15 is 0 Å². The fourth-order valence-corrected chi connectivity index (χ4v) is 2.41. The zero-order valence-electron chi connectivity index (χ0n) is 12.7. The first-order chi connectivity index (χ1) is 10.6. The maximum atomic E-state index is 12.1. The minimum absolute atomic E-state index is 0.0418. The average Bonchev–Trinajstić information content (AvgIpc) is 2.87. The first kappa shape index (κ1) is 14.3. The van der Waals surface area contributed by atoms with E-state index in [0.717, 1.165) is 28.8 Å². The molecule has 3 rings (SSSR count). The van der Waals surface area contributed by atoms with Crippen molar-refractivity contribution < 1.29 is 9.21 Å². The smallest absolute Gasteiger partial charge is 0.228 e. The van der Waals surface area contributed by atoms with Crippen molar-refractivity contribution in [3.05, 3.63) is 59.5 Å². The van der Waals surface area contributed by atoms with Gasteiger partial charge in [-0.05, 0) is 41.8 Å². The molecule has 1 aromatic heterocycles. The lowest BCUT2D eigenvalue weighted by Crippen LogP contribution is -2.14. The molecule has 0 aliphatic rings. The lowest BCUT2D eigenvalue weighted by Gasteiger charge is -2.06. The van der Waals surface area contributed by atoms with E-state index in [1.165, 1.54) is 5.56 Å². The van der Waals surface area contributed by atoms with Gasteiger partial charge < -0.3 is 9.73 Å². The van der Waals surface area contributed by atoms with Gasteiger partial charge in [-0.15, -0.1) is 0 Å². The summed E-state index contributed by atoms with van der Waals surface area (Å²) in [6, 6.07) is 13.6. The number of hydrogen-bond donors (Lipinski definition) is 1. The first-order valence-electron chi connectivity index (χ1n) is 7.39. The van der Waals surface area contributed by atoms with Gasteiger partial charge in [0.2, 0.25) is 5.91 Å². The Morgan fingerprint density at radius 2 is 1.86 bits per heavy atom. The fraction of sp³-hybridized carbons (Fsp3) is 0.222. The van der Waals surface area contributed by atoms with E-state index in [-0.39, 0.29) is 5.91 Å². The van der Waals surface area contributed by atoms with Crippen LogP contribution in [0.15, 0.2) is 46.9 Å². The molecule has 1 heterocycles. The van der Waals surface area contributed by atoms with Crippen molar-refractivity contribution >= 4 is 22.7 Å². The molecule has 0 saturated carbocycles. The van der Waals surface area contributed by atoms with Gasteiger partial charge in [0.25, 0.3) is 0 Å². The fourth-order valence-electron chi connectivity index (χ4n) is 2.41. The molecule has 1 amide bonds. The third-order valence-corrected chi connectivity index (χ3v) is 3.57. The summed E-state index contributed by atoms with van der Waals surface area (Å²) in [6.07, 6.45) is 1.30. The van der Waals surface area contributed by atoms with E-state index in [1.807, 2.05) is 49.4 Å². The molecule has 0 unspecified atom stereocenters. The van der Waals surface area contributed by atoms with Crippen molar-refractivity contribution in [3.8, 4) is 0 Å². The molecule has 1 N–H and O–H groups in total. The second-order valence-corrected chi connectivity index (χ2v) is 5.31. The third-order valence-electron chi connectivity index (χ3n) is 3.57. The number of nitrogens with one attached hydrogen (secondary N) is 1. The Balaban J connectivity index is 1.69. The second-order valence-electron chi connectivity index (χ2n) is 5.31. The number of rotatable bonds is 4. The molecule has 0 bridgehead atoms. The Bertz CT molecular complexity index is 804. The summed E-state index contributed by atoms with van der Waals surface area (Å²) < 4.78 is 5.49. The molecule has 0 atom stereocenters. The van der Waals surface area contributed by atoms with E-state index in [4.69, 9.17) is 4.42 Å². The number of aryl methyl sites for hydroxylation is 2. The third kappa shape index (κ3) is 3.17. The molecule has 0 aliphatic heterocycles. The molecule has 2 aromatic carbocycles. The predicted octanol–water partition coefficient (Wildman–Crippen LogP) is 3.88. The number of amides is 1. The summed E-state index contributed by atoms with van der Waals surface area (Å²) in [5.41, 5.74) is 4.51. The maximum Gasteiger partial charge on any atom is 0.228 e. The normalized spacial score (nSPS) is 10.8. The molecule has 0 aliphatic carbocycles. The monoisotopic (exact) mass is 294 g/mol. The van der Waals surface area contributed by atoms with Crippen LogP contribution in [0.1, 0.15) is 23.9 Å². The van der Waals surface area contributed by atoms with Crippen LogP contribution in [0.5, 0.6) is 0 Å². The van der Waals surface area contributed by atoms with E-state index in [1.54, 1.807) is 0 Å². The van der Waals surface area contributed by atoms with Crippen molar-refractivity contribution in [2.24, 2.45) is 0 Å². The van der Waals surface area contributed by atoms with Gasteiger partial charge >= 0.3 is 0 Å². The molecular weight excluding hydrogens is 276 g/mol. The van der Waals surface area contributed by atoms with Crippen LogP contribution < -0.4 is 5.32 Å². The number of carbonyl (C=O) groups excluding carboxylic acids is 1.